The number of carbonyl (C=O) groups is 2. The van der Waals surface area contributed by atoms with Crippen molar-refractivity contribution in [2.75, 3.05) is 14.2 Å². The molecule has 0 aliphatic carbocycles. The van der Waals surface area contributed by atoms with E-state index >= 15 is 0 Å². The van der Waals surface area contributed by atoms with Crippen molar-refractivity contribution in [3.05, 3.63) is 47.5 Å². The number of methoxy groups -OCH3 is 2. The van der Waals surface area contributed by atoms with E-state index in [1.807, 2.05) is 10.9 Å². The minimum Gasteiger partial charge on any atom is -0.504 e. The number of hydrogen-bond acceptors (Lipinski definition) is 8. The Kier molecular flexibility index (Phi) is 6.92. The number of ether oxygens (including phenoxy) is 2. The van der Waals surface area contributed by atoms with Crippen molar-refractivity contribution in [1.29, 1.82) is 0 Å². The smallest absolute Gasteiger partial charge is 0.331 e. The molecule has 2 aromatic rings. The summed E-state index contributed by atoms with van der Waals surface area (Å²) in [6, 6.07) is 9.43. The Morgan fingerprint density at radius 3 is 1.57 bits per heavy atom. The molecule has 10 nitrogen and oxygen atoms in total. The number of benzene rings is 2. The van der Waals surface area contributed by atoms with E-state index in [1.165, 1.54) is 14.2 Å². The van der Waals surface area contributed by atoms with Crippen LogP contribution in [-0.2, 0) is 9.59 Å². The van der Waals surface area contributed by atoms with E-state index in [0.717, 1.165) is 12.4 Å². The molecule has 0 unspecified atom stereocenters. The van der Waals surface area contributed by atoms with Gasteiger partial charge in [-0.1, -0.05) is 12.1 Å². The molecule has 4 N–H and O–H groups in total. The minimum atomic E-state index is -1.08. The Balaban J connectivity index is 1.92. The van der Waals surface area contributed by atoms with Crippen LogP contribution in [0, 0.1) is 0 Å². The Hall–Kier alpha value is -4.08. The Morgan fingerprint density at radius 2 is 1.21 bits per heavy atom. The largest absolute Gasteiger partial charge is 0.504 e. The average Bonchev–Trinajstić information content (AvgIpc) is 2.70. The molecule has 0 heterocycles. The third-order valence-electron chi connectivity index (χ3n) is 3.45. The number of hydrazone groups is 2. The molecule has 0 radical (unpaired) electrons. The molecule has 146 valence electrons. The molecule has 2 amide bonds. The molecule has 0 aromatic heterocycles. The van der Waals surface area contributed by atoms with Crippen LogP contribution < -0.4 is 20.3 Å². The quantitative estimate of drug-likeness (QED) is 0.327. The standard InChI is InChI=1S/C18H18N4O6/c1-27-13-7-3-5-11(15(13)23)9-19-21-17(25)18(26)22-20-10-12-6-4-8-14(28-2)16(12)24/h3-10,23-24H,1-2H3,(H,21,25)(H,22,26)/b19-9+,20-10+. The van der Waals surface area contributed by atoms with Gasteiger partial charge in [-0.15, -0.1) is 0 Å². The number of phenols is 2. The second-order valence-electron chi connectivity index (χ2n) is 5.19. The molecular weight excluding hydrogens is 368 g/mol. The summed E-state index contributed by atoms with van der Waals surface area (Å²) in [6.07, 6.45) is 2.31. The monoisotopic (exact) mass is 386 g/mol. The molecule has 0 fully saturated rings. The number of nitrogens with one attached hydrogen (secondary N) is 2. The lowest BCUT2D eigenvalue weighted by atomic mass is 10.2. The lowest BCUT2D eigenvalue weighted by molar-refractivity contribution is -0.139. The van der Waals surface area contributed by atoms with Gasteiger partial charge in [0.05, 0.1) is 26.6 Å². The number of carbonyl (C=O) groups excluding carboxylic acids is 2. The zero-order valence-electron chi connectivity index (χ0n) is 15.0. The van der Waals surface area contributed by atoms with Crippen LogP contribution in [0.4, 0.5) is 0 Å². The van der Waals surface area contributed by atoms with Gasteiger partial charge in [0.15, 0.2) is 23.0 Å². The highest BCUT2D eigenvalue weighted by atomic mass is 16.5. The summed E-state index contributed by atoms with van der Waals surface area (Å²) in [6.45, 7) is 0. The number of aromatic hydroxyl groups is 2. The summed E-state index contributed by atoms with van der Waals surface area (Å²) in [7, 11) is 2.79. The lowest BCUT2D eigenvalue weighted by Crippen LogP contribution is -2.35. The first-order chi connectivity index (χ1) is 13.5. The van der Waals surface area contributed by atoms with E-state index in [0.29, 0.717) is 0 Å². The van der Waals surface area contributed by atoms with Gasteiger partial charge >= 0.3 is 11.8 Å². The van der Waals surface area contributed by atoms with Gasteiger partial charge in [-0.25, -0.2) is 10.9 Å². The third-order valence-corrected chi connectivity index (χ3v) is 3.45. The molecule has 0 atom stereocenters. The number of phenolic OH excluding ortho intramolecular Hbond substituents is 2. The summed E-state index contributed by atoms with van der Waals surface area (Å²) in [5.74, 6) is -1.99. The highest BCUT2D eigenvalue weighted by Crippen LogP contribution is 2.28. The molecule has 0 saturated heterocycles. The molecule has 2 aromatic carbocycles. The number of hydrogen-bond donors (Lipinski definition) is 4. The second-order valence-corrected chi connectivity index (χ2v) is 5.19. The Labute approximate surface area is 160 Å². The Morgan fingerprint density at radius 1 is 0.821 bits per heavy atom. The Bertz CT molecular complexity index is 851. The van der Waals surface area contributed by atoms with E-state index in [2.05, 4.69) is 10.2 Å². The van der Waals surface area contributed by atoms with Gasteiger partial charge in [0.2, 0.25) is 0 Å². The summed E-state index contributed by atoms with van der Waals surface area (Å²) in [4.78, 5) is 23.4. The normalized spacial score (nSPS) is 10.8. The van der Waals surface area contributed by atoms with Gasteiger partial charge < -0.3 is 19.7 Å². The van der Waals surface area contributed by atoms with Crippen molar-refractivity contribution in [2.24, 2.45) is 10.2 Å². The molecular formula is C18H18N4O6. The maximum Gasteiger partial charge on any atom is 0.331 e. The van der Waals surface area contributed by atoms with Crippen LogP contribution in [-0.4, -0.2) is 48.7 Å². The van der Waals surface area contributed by atoms with Crippen molar-refractivity contribution < 1.29 is 29.3 Å². The fourth-order valence-electron chi connectivity index (χ4n) is 2.04. The number of amides is 2. The first-order valence-corrected chi connectivity index (χ1v) is 7.86. The second kappa shape index (κ2) is 9.57. The van der Waals surface area contributed by atoms with Crippen LogP contribution >= 0.6 is 0 Å². The summed E-state index contributed by atoms with van der Waals surface area (Å²) >= 11 is 0. The zero-order valence-corrected chi connectivity index (χ0v) is 15.0. The van der Waals surface area contributed by atoms with Crippen LogP contribution in [0.1, 0.15) is 11.1 Å². The van der Waals surface area contributed by atoms with Crippen molar-refractivity contribution in [1.82, 2.24) is 10.9 Å². The molecule has 10 heteroatoms. The molecule has 0 spiro atoms. The van der Waals surface area contributed by atoms with Gasteiger partial charge in [-0.05, 0) is 24.3 Å². The molecule has 0 aliphatic heterocycles. The summed E-state index contributed by atoms with van der Waals surface area (Å²) in [5, 5.41) is 27.0. The van der Waals surface area contributed by atoms with Gasteiger partial charge in [0.25, 0.3) is 0 Å². The van der Waals surface area contributed by atoms with Crippen molar-refractivity contribution in [3.8, 4) is 23.0 Å². The van der Waals surface area contributed by atoms with Gasteiger partial charge in [0.1, 0.15) is 0 Å². The number of nitrogens with zero attached hydrogens (tertiary/aromatic N) is 2. The van der Waals surface area contributed by atoms with Crippen LogP contribution in [0.25, 0.3) is 0 Å². The summed E-state index contributed by atoms with van der Waals surface area (Å²) < 4.78 is 9.90. The molecule has 2 rings (SSSR count). The topological polar surface area (TPSA) is 142 Å². The van der Waals surface area contributed by atoms with Gasteiger partial charge in [0, 0.05) is 11.1 Å². The molecule has 28 heavy (non-hydrogen) atoms. The van der Waals surface area contributed by atoms with E-state index in [1.54, 1.807) is 36.4 Å². The fourth-order valence-corrected chi connectivity index (χ4v) is 2.04. The molecule has 0 aliphatic rings. The van der Waals surface area contributed by atoms with Crippen LogP contribution in [0.2, 0.25) is 0 Å². The molecule has 0 saturated carbocycles. The maximum absolute atomic E-state index is 11.7. The van der Waals surface area contributed by atoms with Crippen molar-refractivity contribution >= 4 is 24.2 Å². The lowest BCUT2D eigenvalue weighted by Gasteiger charge is -2.05. The van der Waals surface area contributed by atoms with Crippen LogP contribution in [0.3, 0.4) is 0 Å². The maximum atomic E-state index is 11.7. The summed E-state index contributed by atoms with van der Waals surface area (Å²) in [5.41, 5.74) is 4.56. The van der Waals surface area contributed by atoms with Crippen molar-refractivity contribution in [3.63, 3.8) is 0 Å². The molecule has 0 bridgehead atoms. The average molecular weight is 386 g/mol. The first kappa shape index (κ1) is 20.2. The predicted octanol–water partition coefficient (Wildman–Crippen LogP) is 0.715. The van der Waals surface area contributed by atoms with E-state index in [9.17, 15) is 19.8 Å². The van der Waals surface area contributed by atoms with Crippen LogP contribution in [0.5, 0.6) is 23.0 Å². The SMILES string of the molecule is COc1cccc(/C=N/NC(=O)C(=O)N/N=C/c2cccc(OC)c2O)c1O. The van der Waals surface area contributed by atoms with E-state index in [-0.39, 0.29) is 34.1 Å². The minimum absolute atomic E-state index is 0.157. The van der Waals surface area contributed by atoms with Crippen molar-refractivity contribution in [2.45, 2.75) is 0 Å². The number of rotatable bonds is 6. The predicted molar refractivity (Wildman–Crippen MR) is 101 cm³/mol. The van der Waals surface area contributed by atoms with E-state index < -0.39 is 11.8 Å². The fraction of sp³-hybridized carbons (Fsp3) is 0.111. The van der Waals surface area contributed by atoms with Gasteiger partial charge in [-0.2, -0.15) is 10.2 Å². The highest BCUT2D eigenvalue weighted by Gasteiger charge is 2.12. The first-order valence-electron chi connectivity index (χ1n) is 7.86. The van der Waals surface area contributed by atoms with Gasteiger partial charge in [-0.3, -0.25) is 9.59 Å². The van der Waals surface area contributed by atoms with Crippen LogP contribution in [0.15, 0.2) is 46.6 Å². The number of para-hydroxylation sites is 2. The zero-order chi connectivity index (χ0) is 20.5. The van der Waals surface area contributed by atoms with E-state index in [4.69, 9.17) is 9.47 Å². The highest BCUT2D eigenvalue weighted by molar-refractivity contribution is 6.35. The third kappa shape index (κ3) is 4.97.